The molecule has 0 aromatic carbocycles. The Morgan fingerprint density at radius 1 is 0.226 bits per heavy atom. The second-order valence-electron chi connectivity index (χ2n) is 22.5. The van der Waals surface area contributed by atoms with Gasteiger partial charge in [0.25, 0.3) is 0 Å². The van der Waals surface area contributed by atoms with Crippen LogP contribution in [0.3, 0.4) is 0 Å². The molecule has 6 heterocycles. The summed E-state index contributed by atoms with van der Waals surface area (Å²) in [4.78, 5) is 23.8. The monoisotopic (exact) mass is 1800 g/mol. The molecule has 4 radical (unpaired) electrons. The van der Waals surface area contributed by atoms with Gasteiger partial charge in [-0.3, -0.25) is 29.9 Å². The van der Waals surface area contributed by atoms with Gasteiger partial charge < -0.3 is 117 Å². The van der Waals surface area contributed by atoms with Crippen LogP contribution in [-0.2, 0) is 276 Å². The van der Waals surface area contributed by atoms with Crippen LogP contribution in [0.15, 0.2) is 147 Å². The standard InChI is InChI=1S/6C9H13N.2C4H10O.6Mo.8S/c6*1-9(2,3)8-4-6-10-7-5-8;2*1-3-5-4-2;;;;;;;;;;;;;;/h6*4-7H,1-3H3;2*3-4H2,1-2H3;;;;;;;;;;;;;;/q;;;;;;;;2*+2;4*+3;8*-2. The first-order valence-electron chi connectivity index (χ1n) is 25.0. The molecule has 0 saturated heterocycles. The SMILES string of the molecule is CC(C)(C)c1ccncc1.CC(C)(C)c1ccncc1.CC(C)(C)c1ccncc1.CC(C)(C)c1ccncc1.CC(C)(C)c1ccncc1.CC(C)(C)c1ccncc1.CCOCC.CCOCC.[Mo+2].[Mo+2].[Mo+3].[Mo+3].[Mo+3].[Mo+3].[S-2].[S-2].[S-2].[S-2].[S-2].[S-2].[S-2].[S-2]. The van der Waals surface area contributed by atoms with Crippen LogP contribution in [-0.4, -0.2) is 56.3 Å². The van der Waals surface area contributed by atoms with Gasteiger partial charge in [-0.1, -0.05) is 125 Å². The molecule has 472 valence electrons. The van der Waals surface area contributed by atoms with E-state index in [1.165, 1.54) is 33.4 Å². The third kappa shape index (κ3) is 71.2. The summed E-state index contributed by atoms with van der Waals surface area (Å²) in [6.07, 6.45) is 22.0. The zero-order valence-electron chi connectivity index (χ0n) is 53.9. The van der Waals surface area contributed by atoms with Gasteiger partial charge in [-0.2, -0.15) is 0 Å². The Morgan fingerprint density at radius 3 is 0.345 bits per heavy atom. The van der Waals surface area contributed by atoms with Gasteiger partial charge in [-0.05, 0) is 166 Å². The summed E-state index contributed by atoms with van der Waals surface area (Å²) in [7, 11) is 0. The average molecular weight is 1790 g/mol. The Labute approximate surface area is 657 Å². The minimum absolute atomic E-state index is 0. The largest absolute Gasteiger partial charge is 3.00 e. The molecule has 0 aliphatic rings. The number of aromatic nitrogens is 6. The van der Waals surface area contributed by atoms with E-state index in [1.54, 1.807) is 0 Å². The molecule has 0 atom stereocenters. The molecule has 0 spiro atoms. The van der Waals surface area contributed by atoms with E-state index in [4.69, 9.17) is 9.47 Å². The van der Waals surface area contributed by atoms with Gasteiger partial charge in [-0.25, -0.2) is 0 Å². The minimum Gasteiger partial charge on any atom is -2.00 e. The first-order valence-corrected chi connectivity index (χ1v) is 25.0. The van der Waals surface area contributed by atoms with Crippen LogP contribution in [0, 0.1) is 0 Å². The Balaban J connectivity index is -0.0000000443. The Hall–Kier alpha value is 1.75. The molecule has 6 aromatic heterocycles. The Morgan fingerprint density at radius 2 is 0.310 bits per heavy atom. The van der Waals surface area contributed by atoms with Crippen LogP contribution in [0.4, 0.5) is 0 Å². The fourth-order valence-corrected chi connectivity index (χ4v) is 5.52. The van der Waals surface area contributed by atoms with Crippen molar-refractivity contribution >= 4 is 108 Å². The van der Waals surface area contributed by atoms with Crippen molar-refractivity contribution in [2.24, 2.45) is 0 Å². The molecule has 6 rings (SSSR count). The molecule has 0 aliphatic carbocycles. The second-order valence-corrected chi connectivity index (χ2v) is 22.5. The molecule has 0 bridgehead atoms. The molecule has 0 saturated carbocycles. The van der Waals surface area contributed by atoms with Crippen LogP contribution in [0.2, 0.25) is 0 Å². The number of hydrogen-bond donors (Lipinski definition) is 0. The van der Waals surface area contributed by atoms with Gasteiger partial charge in [0.05, 0.1) is 0 Å². The van der Waals surface area contributed by atoms with Crippen LogP contribution in [0.25, 0.3) is 0 Å². The molecule has 0 fully saturated rings. The van der Waals surface area contributed by atoms with Crippen molar-refractivity contribution in [3.63, 3.8) is 0 Å². The number of hydrogen-bond acceptors (Lipinski definition) is 8. The maximum Gasteiger partial charge on any atom is 3.00 e. The van der Waals surface area contributed by atoms with Crippen molar-refractivity contribution in [2.45, 2.75) is 185 Å². The fourth-order valence-electron chi connectivity index (χ4n) is 5.52. The minimum atomic E-state index is 0. The van der Waals surface area contributed by atoms with Gasteiger partial charge in [0.2, 0.25) is 0 Å². The zero-order chi connectivity index (χ0) is 53.9. The van der Waals surface area contributed by atoms with Crippen molar-refractivity contribution < 1.29 is 136 Å². The summed E-state index contributed by atoms with van der Waals surface area (Å²) in [5.74, 6) is 0. The predicted octanol–water partition coefficient (Wildman–Crippen LogP) is 16.3. The van der Waals surface area contributed by atoms with E-state index in [-0.39, 0.29) is 267 Å². The van der Waals surface area contributed by atoms with Gasteiger partial charge in [0.15, 0.2) is 0 Å². The third-order valence-corrected chi connectivity index (χ3v) is 10.1. The summed E-state index contributed by atoms with van der Waals surface area (Å²) in [5.41, 5.74) is 9.53. The summed E-state index contributed by atoms with van der Waals surface area (Å²) >= 11 is 0. The number of rotatable bonds is 4. The van der Waals surface area contributed by atoms with E-state index in [9.17, 15) is 0 Å². The molecular formula is C62H98Mo6N6O2S8. The average Bonchev–Trinajstić information content (AvgIpc) is 3.31. The number of nitrogens with zero attached hydrogens (tertiary/aromatic N) is 6. The number of pyridine rings is 6. The van der Waals surface area contributed by atoms with E-state index in [0.717, 1.165) is 26.4 Å². The van der Waals surface area contributed by atoms with Gasteiger partial charge >= 0.3 is 126 Å². The fraction of sp³-hybridized carbons (Fsp3) is 0.516. The zero-order valence-corrected chi connectivity index (χ0v) is 72.5. The molecule has 84 heavy (non-hydrogen) atoms. The van der Waals surface area contributed by atoms with E-state index in [1.807, 2.05) is 102 Å². The Bertz CT molecular complexity index is 1740. The van der Waals surface area contributed by atoms with Crippen molar-refractivity contribution in [2.75, 3.05) is 26.4 Å². The first-order chi connectivity index (χ1) is 32.5. The van der Waals surface area contributed by atoms with Gasteiger partial charge in [0, 0.05) is 101 Å². The summed E-state index contributed by atoms with van der Waals surface area (Å²) < 4.78 is 9.67. The van der Waals surface area contributed by atoms with Crippen molar-refractivity contribution in [1.82, 2.24) is 29.9 Å². The Kier molecular flexibility index (Phi) is 106. The molecule has 0 N–H and O–H groups in total. The predicted molar refractivity (Wildman–Crippen MR) is 361 cm³/mol. The summed E-state index contributed by atoms with van der Waals surface area (Å²) in [6.45, 7) is 50.9. The van der Waals surface area contributed by atoms with Crippen LogP contribution in [0.5, 0.6) is 0 Å². The van der Waals surface area contributed by atoms with E-state index in [2.05, 4.69) is 227 Å². The molecule has 0 aliphatic heterocycles. The first kappa shape index (κ1) is 127. The van der Waals surface area contributed by atoms with Gasteiger partial charge in [0.1, 0.15) is 0 Å². The molecule has 6 aromatic rings. The van der Waals surface area contributed by atoms with Crippen LogP contribution >= 0.6 is 0 Å². The van der Waals surface area contributed by atoms with Crippen molar-refractivity contribution in [3.8, 4) is 0 Å². The quantitative estimate of drug-likeness (QED) is 0.161. The smallest absolute Gasteiger partial charge is 2.00 e. The summed E-state index contributed by atoms with van der Waals surface area (Å²) in [5, 5.41) is 0. The van der Waals surface area contributed by atoms with E-state index in [0.29, 0.717) is 0 Å². The van der Waals surface area contributed by atoms with Crippen LogP contribution < -0.4 is 0 Å². The van der Waals surface area contributed by atoms with Gasteiger partial charge in [-0.15, -0.1) is 0 Å². The maximum atomic E-state index is 4.83. The molecule has 8 nitrogen and oxygen atoms in total. The molecule has 0 unspecified atom stereocenters. The van der Waals surface area contributed by atoms with E-state index >= 15 is 0 Å². The van der Waals surface area contributed by atoms with Crippen molar-refractivity contribution in [1.29, 1.82) is 0 Å². The topological polar surface area (TPSA) is 95.8 Å². The molecule has 22 heteroatoms. The molecule has 0 amide bonds. The molecular weight excluding hydrogens is 1690 g/mol. The normalized spacial score (nSPS) is 9.21. The summed E-state index contributed by atoms with van der Waals surface area (Å²) in [6, 6.07) is 24.7. The third-order valence-electron chi connectivity index (χ3n) is 10.1. The van der Waals surface area contributed by atoms with Crippen LogP contribution in [0.1, 0.15) is 186 Å². The van der Waals surface area contributed by atoms with E-state index < -0.39 is 0 Å². The second kappa shape index (κ2) is 70.6. The van der Waals surface area contributed by atoms with Crippen molar-refractivity contribution in [3.05, 3.63) is 181 Å². The number of ether oxygens (including phenoxy) is 2. The maximum absolute atomic E-state index is 4.83.